The Labute approximate surface area is 330 Å². The monoisotopic (exact) mass is 794 g/mol. The van der Waals surface area contributed by atoms with Crippen LogP contribution in [0.1, 0.15) is 143 Å². The highest BCUT2D eigenvalue weighted by atomic mass is 16.5. The van der Waals surface area contributed by atoms with E-state index in [1.807, 2.05) is 6.92 Å². The summed E-state index contributed by atoms with van der Waals surface area (Å²) in [7, 11) is 0. The van der Waals surface area contributed by atoms with Gasteiger partial charge < -0.3 is 40.5 Å². The highest BCUT2D eigenvalue weighted by Gasteiger charge is 2.27. The number of rotatable bonds is 15. The molecule has 3 aliphatic rings. The van der Waals surface area contributed by atoms with Crippen molar-refractivity contribution in [2.75, 3.05) is 39.6 Å². The lowest BCUT2D eigenvalue weighted by Gasteiger charge is -2.31. The number of carbonyl (C=O) groups excluding carboxylic acids is 3. The number of isocyanates is 2. The Morgan fingerprint density at radius 3 is 1.50 bits per heavy atom. The maximum Gasteiger partial charge on any atom is 0.335 e. The molecule has 1 aliphatic heterocycles. The van der Waals surface area contributed by atoms with Gasteiger partial charge in [-0.1, -0.05) is 25.8 Å². The number of aliphatic hydroxyl groups is 5. The van der Waals surface area contributed by atoms with Crippen LogP contribution in [-0.4, -0.2) is 118 Å². The van der Waals surface area contributed by atoms with Crippen LogP contribution >= 0.6 is 0 Å². The van der Waals surface area contributed by atoms with Crippen LogP contribution in [0.5, 0.6) is 0 Å². The molecule has 56 heavy (non-hydrogen) atoms. The lowest BCUT2D eigenvalue weighted by Crippen LogP contribution is -2.32. The first kappa shape index (κ1) is 52.2. The van der Waals surface area contributed by atoms with Gasteiger partial charge in [0, 0.05) is 25.0 Å². The number of aliphatic imine (C=N–C) groups is 2. The van der Waals surface area contributed by atoms with Crippen molar-refractivity contribution in [3.05, 3.63) is 35.4 Å². The first-order valence-corrected chi connectivity index (χ1v) is 19.9. The summed E-state index contributed by atoms with van der Waals surface area (Å²) in [6.45, 7) is 2.56. The molecule has 0 amide bonds. The summed E-state index contributed by atoms with van der Waals surface area (Å²) in [4.78, 5) is 59.4. The normalized spacial score (nSPS) is 20.3. The molecule has 318 valence electrons. The third-order valence-corrected chi connectivity index (χ3v) is 10.2. The Hall–Kier alpha value is -3.81. The molecular weight excluding hydrogens is 728 g/mol. The van der Waals surface area contributed by atoms with E-state index in [0.29, 0.717) is 19.4 Å². The van der Waals surface area contributed by atoms with Crippen molar-refractivity contribution in [2.24, 2.45) is 27.2 Å². The van der Waals surface area contributed by atoms with E-state index >= 15 is 0 Å². The quantitative estimate of drug-likeness (QED) is 0.0519. The van der Waals surface area contributed by atoms with Crippen LogP contribution in [0, 0.1) is 17.3 Å². The predicted molar refractivity (Wildman–Crippen MR) is 209 cm³/mol. The number of benzene rings is 1. The Morgan fingerprint density at radius 2 is 1.16 bits per heavy atom. The molecule has 0 aromatic heterocycles. The summed E-state index contributed by atoms with van der Waals surface area (Å²) in [6.07, 6.45) is 21.9. The number of cyclic esters (lactones) is 1. The van der Waals surface area contributed by atoms with Crippen molar-refractivity contribution in [1.29, 1.82) is 0 Å². The zero-order chi connectivity index (χ0) is 42.0. The molecule has 1 heterocycles. The van der Waals surface area contributed by atoms with Gasteiger partial charge in [-0.05, 0) is 126 Å². The zero-order valence-corrected chi connectivity index (χ0v) is 33.1. The molecule has 4 rings (SSSR count). The Morgan fingerprint density at radius 1 is 0.714 bits per heavy atom. The van der Waals surface area contributed by atoms with Gasteiger partial charge in [0.25, 0.3) is 0 Å². The largest absolute Gasteiger partial charge is 0.478 e. The van der Waals surface area contributed by atoms with Gasteiger partial charge in [-0.3, -0.25) is 4.79 Å². The number of hydrogen-bond acceptors (Lipinski definition) is 13. The maximum atomic E-state index is 10.5. The number of aliphatic hydroxyl groups excluding tert-OH is 5. The van der Waals surface area contributed by atoms with Gasteiger partial charge in [0.05, 0.1) is 49.6 Å². The highest BCUT2D eigenvalue weighted by Crippen LogP contribution is 2.36. The van der Waals surface area contributed by atoms with Crippen LogP contribution < -0.4 is 0 Å². The Kier molecular flexibility index (Phi) is 31.1. The lowest BCUT2D eigenvalue weighted by atomic mass is 9.76. The summed E-state index contributed by atoms with van der Waals surface area (Å²) in [6, 6.07) is 5.65. The number of carboxylic acids is 2. The fourth-order valence-electron chi connectivity index (χ4n) is 6.29. The number of ether oxygens (including phenoxy) is 1. The fourth-order valence-corrected chi connectivity index (χ4v) is 6.29. The van der Waals surface area contributed by atoms with Crippen molar-refractivity contribution in [3.63, 3.8) is 0 Å². The van der Waals surface area contributed by atoms with E-state index in [9.17, 15) is 24.0 Å². The number of hydrogen-bond donors (Lipinski definition) is 7. The Bertz CT molecular complexity index is 1200. The summed E-state index contributed by atoms with van der Waals surface area (Å²) < 4.78 is 4.76. The average Bonchev–Trinajstić information content (AvgIpc) is 3.47. The molecule has 1 aromatic carbocycles. The summed E-state index contributed by atoms with van der Waals surface area (Å²) >= 11 is 0. The lowest BCUT2D eigenvalue weighted by molar-refractivity contribution is -0.142. The van der Waals surface area contributed by atoms with Crippen LogP contribution in [0.15, 0.2) is 34.3 Å². The van der Waals surface area contributed by atoms with Crippen LogP contribution in [-0.2, 0) is 19.1 Å². The summed E-state index contributed by atoms with van der Waals surface area (Å²) in [5, 5.41) is 59.6. The molecule has 0 bridgehead atoms. The smallest absolute Gasteiger partial charge is 0.335 e. The number of unbranched alkanes of at least 4 members (excludes halogenated alkanes) is 3. The molecule has 0 unspecified atom stereocenters. The van der Waals surface area contributed by atoms with Gasteiger partial charge in [0.2, 0.25) is 12.2 Å². The van der Waals surface area contributed by atoms with Gasteiger partial charge in [0.1, 0.15) is 0 Å². The second-order valence-electron chi connectivity index (χ2n) is 14.4. The first-order valence-electron chi connectivity index (χ1n) is 19.9. The molecule has 1 saturated heterocycles. The average molecular weight is 795 g/mol. The standard InChI is InChI=1S/C15H22N2O2.C8H6O4.C6H14O3.C6H10O2.C6H14O2/c18-10-16-14-5-1-12(2-6-14)9-13-3-7-15(8-4-13)17-11-19;9-7(10)5-2-1-3-6(4-5)8(11)12;1-2-6(3-7,4-8)5-9;7-6-4-2-1-3-5-8-6;7-5-3-1-2-4-6-8/h12-15H,1-9H2;1-4H,(H,9,10)(H,11,12);7-9H,2-5H2,1H3;1-5H2;7-8H,1-6H2. The van der Waals surface area contributed by atoms with Crippen LogP contribution in [0.25, 0.3) is 0 Å². The molecule has 3 fully saturated rings. The highest BCUT2D eigenvalue weighted by molar-refractivity contribution is 5.93. The minimum absolute atomic E-state index is 0.0186. The second kappa shape index (κ2) is 33.3. The maximum absolute atomic E-state index is 10.5. The number of carboxylic acid groups (broad SMARTS) is 2. The second-order valence-corrected chi connectivity index (χ2v) is 14.4. The predicted octanol–water partition coefficient (Wildman–Crippen LogP) is 5.24. The minimum Gasteiger partial charge on any atom is -0.478 e. The molecule has 2 saturated carbocycles. The van der Waals surface area contributed by atoms with Crippen molar-refractivity contribution >= 4 is 30.1 Å². The van der Waals surface area contributed by atoms with Crippen molar-refractivity contribution < 1.29 is 64.5 Å². The van der Waals surface area contributed by atoms with E-state index in [-0.39, 0.29) is 62.2 Å². The number of carbonyl (C=O) groups is 3. The SMILES string of the molecule is CCC(CO)(CO)CO.O=C(O)c1cccc(C(=O)O)c1.O=C1CCCCCO1.O=C=NC1CCC(CC2CCC(N=C=O)CC2)CC1.OCCCCCCO. The Balaban J connectivity index is 0.000000713. The van der Waals surface area contributed by atoms with Crippen LogP contribution in [0.4, 0.5) is 0 Å². The van der Waals surface area contributed by atoms with E-state index in [1.165, 1.54) is 50.3 Å². The van der Waals surface area contributed by atoms with Gasteiger partial charge in [-0.25, -0.2) is 29.2 Å². The zero-order valence-electron chi connectivity index (χ0n) is 33.1. The van der Waals surface area contributed by atoms with E-state index in [0.717, 1.165) is 88.5 Å². The van der Waals surface area contributed by atoms with Crippen molar-refractivity contribution in [3.8, 4) is 0 Å². The molecule has 7 N–H and O–H groups in total. The minimum atomic E-state index is -1.13. The van der Waals surface area contributed by atoms with Crippen molar-refractivity contribution in [1.82, 2.24) is 0 Å². The van der Waals surface area contributed by atoms with Gasteiger partial charge in [-0.2, -0.15) is 0 Å². The topological polar surface area (TPSA) is 261 Å². The van der Waals surface area contributed by atoms with E-state index in [1.54, 1.807) is 12.2 Å². The van der Waals surface area contributed by atoms with E-state index < -0.39 is 17.4 Å². The molecule has 15 nitrogen and oxygen atoms in total. The van der Waals surface area contributed by atoms with Crippen molar-refractivity contribution in [2.45, 2.75) is 135 Å². The van der Waals surface area contributed by atoms with Crippen LogP contribution in [0.2, 0.25) is 0 Å². The molecule has 2 aliphatic carbocycles. The van der Waals surface area contributed by atoms with E-state index in [2.05, 4.69) is 9.98 Å². The summed E-state index contributed by atoms with van der Waals surface area (Å²) in [5.74, 6) is -0.679. The number of esters is 1. The molecule has 0 radical (unpaired) electrons. The van der Waals surface area contributed by atoms with Crippen LogP contribution in [0.3, 0.4) is 0 Å². The first-order chi connectivity index (χ1) is 27.0. The van der Waals surface area contributed by atoms with Gasteiger partial charge in [-0.15, -0.1) is 0 Å². The third-order valence-electron chi connectivity index (χ3n) is 10.2. The molecule has 0 spiro atoms. The molecular formula is C41H66N2O13. The summed E-state index contributed by atoms with van der Waals surface area (Å²) in [5.41, 5.74) is -0.704. The third kappa shape index (κ3) is 24.7. The number of nitrogens with zero attached hydrogens (tertiary/aromatic N) is 2. The van der Waals surface area contributed by atoms with Gasteiger partial charge in [0.15, 0.2) is 0 Å². The fraction of sp³-hybridized carbons (Fsp3) is 0.732. The number of aromatic carboxylic acids is 2. The van der Waals surface area contributed by atoms with E-state index in [4.69, 9.17) is 40.5 Å². The molecule has 15 heteroatoms. The molecule has 1 aromatic rings. The van der Waals surface area contributed by atoms with Gasteiger partial charge >= 0.3 is 17.9 Å². The molecule has 0 atom stereocenters.